The lowest BCUT2D eigenvalue weighted by Gasteiger charge is -2.23. The molecule has 4 aromatic rings. The molecule has 1 amide bonds. The van der Waals surface area contributed by atoms with E-state index in [0.29, 0.717) is 21.8 Å². The van der Waals surface area contributed by atoms with Crippen LogP contribution in [0.25, 0.3) is 16.0 Å². The van der Waals surface area contributed by atoms with Crippen molar-refractivity contribution < 1.29 is 24.2 Å². The van der Waals surface area contributed by atoms with Gasteiger partial charge in [0.15, 0.2) is 5.13 Å². The van der Waals surface area contributed by atoms with Crippen molar-refractivity contribution in [3.05, 3.63) is 93.8 Å². The van der Waals surface area contributed by atoms with Gasteiger partial charge >= 0.3 is 5.91 Å². The number of nitrogens with zero attached hydrogens (tertiary/aromatic N) is 2. The Morgan fingerprint density at radius 1 is 0.971 bits per heavy atom. The number of aliphatic hydroxyl groups excluding tert-OH is 1. The van der Waals surface area contributed by atoms with Gasteiger partial charge in [0.25, 0.3) is 5.78 Å². The molecule has 0 aliphatic carbocycles. The van der Waals surface area contributed by atoms with Gasteiger partial charge in [-0.2, -0.15) is 0 Å². The van der Waals surface area contributed by atoms with Crippen LogP contribution in [0.2, 0.25) is 0 Å². The van der Waals surface area contributed by atoms with Gasteiger partial charge < -0.3 is 10.2 Å². The third-order valence-electron chi connectivity index (χ3n) is 6.28. The molecule has 0 saturated carbocycles. The van der Waals surface area contributed by atoms with Crippen molar-refractivity contribution in [3.8, 4) is 5.75 Å². The number of phenols is 1. The molecular formula is C27H21FN2O4S. The van der Waals surface area contributed by atoms with Crippen LogP contribution in [-0.2, 0) is 9.59 Å². The van der Waals surface area contributed by atoms with Gasteiger partial charge in [-0.05, 0) is 85.5 Å². The fourth-order valence-electron chi connectivity index (χ4n) is 4.22. The maximum absolute atomic E-state index is 13.8. The van der Waals surface area contributed by atoms with E-state index in [1.807, 2.05) is 26.0 Å². The number of hydrogen-bond acceptors (Lipinski definition) is 6. The highest BCUT2D eigenvalue weighted by Crippen LogP contribution is 2.44. The summed E-state index contributed by atoms with van der Waals surface area (Å²) >= 11 is 1.28. The number of aromatic hydroxyl groups is 1. The van der Waals surface area contributed by atoms with Crippen molar-refractivity contribution in [2.45, 2.75) is 26.8 Å². The molecule has 1 unspecified atom stereocenters. The second-order valence-electron chi connectivity index (χ2n) is 8.63. The second kappa shape index (κ2) is 8.32. The minimum Gasteiger partial charge on any atom is -0.508 e. The van der Waals surface area contributed by atoms with Crippen molar-refractivity contribution >= 4 is 44.1 Å². The monoisotopic (exact) mass is 488 g/mol. The number of aromatic nitrogens is 1. The molecule has 0 bridgehead atoms. The standard InChI is InChI=1S/C27H21FN2O4S/c1-13-11-20-21(12-14(13)2)35-27(29-20)30-23(16-4-7-18(31)8-5-16)22(25(33)26(30)34)24(32)17-6-9-19(28)15(3)10-17/h4-12,23,31-32H,1-3H3/b24-22+. The predicted molar refractivity (Wildman–Crippen MR) is 133 cm³/mol. The van der Waals surface area contributed by atoms with Gasteiger partial charge in [-0.3, -0.25) is 14.5 Å². The number of phenolic OH excluding ortho intramolecular Hbond substituents is 1. The molecule has 0 radical (unpaired) electrons. The zero-order chi connectivity index (χ0) is 25.0. The lowest BCUT2D eigenvalue weighted by atomic mass is 9.95. The first-order chi connectivity index (χ1) is 16.7. The third-order valence-corrected chi connectivity index (χ3v) is 7.30. The topological polar surface area (TPSA) is 90.7 Å². The molecule has 8 heteroatoms. The number of amides is 1. The average Bonchev–Trinajstić information content (AvgIpc) is 3.33. The smallest absolute Gasteiger partial charge is 0.301 e. The summed E-state index contributed by atoms with van der Waals surface area (Å²) < 4.78 is 14.7. The fraction of sp³-hybridized carbons (Fsp3) is 0.148. The van der Waals surface area contributed by atoms with Gasteiger partial charge in [-0.15, -0.1) is 0 Å². The molecule has 1 aromatic heterocycles. The van der Waals surface area contributed by atoms with Crippen LogP contribution in [0.1, 0.15) is 33.9 Å². The number of hydrogen-bond donors (Lipinski definition) is 2. The van der Waals surface area contributed by atoms with Gasteiger partial charge in [0, 0.05) is 5.56 Å². The first-order valence-electron chi connectivity index (χ1n) is 10.9. The molecule has 6 nitrogen and oxygen atoms in total. The molecule has 1 aliphatic heterocycles. The molecule has 0 spiro atoms. The summed E-state index contributed by atoms with van der Waals surface area (Å²) in [5, 5.41) is 21.3. The number of aliphatic hydroxyl groups is 1. The van der Waals surface area contributed by atoms with E-state index in [9.17, 15) is 24.2 Å². The molecular weight excluding hydrogens is 467 g/mol. The number of carbonyl (C=O) groups excluding carboxylic acids is 2. The van der Waals surface area contributed by atoms with E-state index in [2.05, 4.69) is 4.98 Å². The van der Waals surface area contributed by atoms with Crippen LogP contribution in [0.5, 0.6) is 5.75 Å². The molecule has 35 heavy (non-hydrogen) atoms. The molecule has 2 N–H and O–H groups in total. The molecule has 1 fully saturated rings. The number of rotatable bonds is 3. The van der Waals surface area contributed by atoms with Gasteiger partial charge in [0.05, 0.1) is 21.8 Å². The van der Waals surface area contributed by atoms with Crippen molar-refractivity contribution in [1.29, 1.82) is 0 Å². The number of thiazole rings is 1. The zero-order valence-electron chi connectivity index (χ0n) is 19.2. The summed E-state index contributed by atoms with van der Waals surface area (Å²) in [5.41, 5.74) is 3.73. The Kier molecular flexibility index (Phi) is 5.40. The number of benzene rings is 3. The Morgan fingerprint density at radius 3 is 2.34 bits per heavy atom. The van der Waals surface area contributed by atoms with E-state index < -0.39 is 29.3 Å². The highest BCUT2D eigenvalue weighted by molar-refractivity contribution is 7.22. The maximum Gasteiger partial charge on any atom is 0.301 e. The third kappa shape index (κ3) is 3.76. The van der Waals surface area contributed by atoms with Gasteiger partial charge in [0.2, 0.25) is 0 Å². The number of halogens is 1. The van der Waals surface area contributed by atoms with Gasteiger partial charge in [-0.1, -0.05) is 23.5 Å². The molecule has 1 aliphatic rings. The highest BCUT2D eigenvalue weighted by atomic mass is 32.1. The fourth-order valence-corrected chi connectivity index (χ4v) is 5.29. The largest absolute Gasteiger partial charge is 0.508 e. The number of ketones is 1. The summed E-state index contributed by atoms with van der Waals surface area (Å²) in [6, 6.07) is 13.0. The van der Waals surface area contributed by atoms with E-state index >= 15 is 0 Å². The first kappa shape index (κ1) is 22.7. The Labute approximate surface area is 204 Å². The van der Waals surface area contributed by atoms with Crippen molar-refractivity contribution in [2.24, 2.45) is 0 Å². The summed E-state index contributed by atoms with van der Waals surface area (Å²) in [5.74, 6) is -2.52. The Hall–Kier alpha value is -4.04. The molecule has 3 aromatic carbocycles. The lowest BCUT2D eigenvalue weighted by molar-refractivity contribution is -0.132. The Morgan fingerprint density at radius 2 is 1.66 bits per heavy atom. The van der Waals surface area contributed by atoms with Crippen molar-refractivity contribution in [2.75, 3.05) is 4.90 Å². The second-order valence-corrected chi connectivity index (χ2v) is 9.63. The molecule has 5 rings (SSSR count). The molecule has 2 heterocycles. The molecule has 1 saturated heterocycles. The van der Waals surface area contributed by atoms with E-state index in [1.165, 1.54) is 46.6 Å². The Balaban J connectivity index is 1.74. The van der Waals surface area contributed by atoms with Crippen molar-refractivity contribution in [3.63, 3.8) is 0 Å². The maximum atomic E-state index is 13.8. The minimum atomic E-state index is -0.983. The summed E-state index contributed by atoms with van der Waals surface area (Å²) in [6.45, 7) is 5.51. The van der Waals surface area contributed by atoms with Crippen LogP contribution in [0.4, 0.5) is 9.52 Å². The normalized spacial score (nSPS) is 17.5. The highest BCUT2D eigenvalue weighted by Gasteiger charge is 2.48. The first-order valence-corrected chi connectivity index (χ1v) is 11.7. The molecule has 1 atom stereocenters. The van der Waals surface area contributed by atoms with Crippen LogP contribution < -0.4 is 4.90 Å². The number of Topliss-reactive ketones (excluding diaryl/α,β-unsaturated/α-hetero) is 1. The zero-order valence-corrected chi connectivity index (χ0v) is 20.0. The van der Waals surface area contributed by atoms with Crippen LogP contribution in [0.3, 0.4) is 0 Å². The van der Waals surface area contributed by atoms with E-state index in [-0.39, 0.29) is 16.9 Å². The quantitative estimate of drug-likeness (QED) is 0.220. The summed E-state index contributed by atoms with van der Waals surface area (Å²) in [7, 11) is 0. The number of carbonyl (C=O) groups is 2. The number of fused-ring (bicyclic) bond motifs is 1. The average molecular weight is 489 g/mol. The van der Waals surface area contributed by atoms with E-state index in [1.54, 1.807) is 19.1 Å². The summed E-state index contributed by atoms with van der Waals surface area (Å²) in [6.07, 6.45) is 0. The lowest BCUT2D eigenvalue weighted by Crippen LogP contribution is -2.29. The predicted octanol–water partition coefficient (Wildman–Crippen LogP) is 5.69. The number of anilines is 1. The van der Waals surface area contributed by atoms with Crippen LogP contribution >= 0.6 is 11.3 Å². The van der Waals surface area contributed by atoms with Crippen LogP contribution in [-0.4, -0.2) is 26.9 Å². The minimum absolute atomic E-state index is 0.0193. The number of aryl methyl sites for hydroxylation is 3. The van der Waals surface area contributed by atoms with Crippen LogP contribution in [0.15, 0.2) is 60.2 Å². The van der Waals surface area contributed by atoms with Gasteiger partial charge in [0.1, 0.15) is 17.3 Å². The van der Waals surface area contributed by atoms with Crippen LogP contribution in [0, 0.1) is 26.6 Å². The van der Waals surface area contributed by atoms with Gasteiger partial charge in [-0.25, -0.2) is 9.37 Å². The Bertz CT molecular complexity index is 1520. The van der Waals surface area contributed by atoms with E-state index in [4.69, 9.17) is 0 Å². The molecule has 176 valence electrons. The SMILES string of the molecule is Cc1cc2nc(N3C(=O)C(=O)/C(=C(/O)c4ccc(F)c(C)c4)C3c3ccc(O)cc3)sc2cc1C. The van der Waals surface area contributed by atoms with Crippen molar-refractivity contribution in [1.82, 2.24) is 4.98 Å². The summed E-state index contributed by atoms with van der Waals surface area (Å²) in [4.78, 5) is 32.5. The van der Waals surface area contributed by atoms with E-state index in [0.717, 1.165) is 15.8 Å².